The smallest absolute Gasteiger partial charge is 0.214 e. The topological polar surface area (TPSA) is 77.8 Å². The van der Waals surface area contributed by atoms with Gasteiger partial charge in [0.1, 0.15) is 0 Å². The number of hydrogen-bond acceptors (Lipinski definition) is 4. The van der Waals surface area contributed by atoms with Crippen molar-refractivity contribution in [2.75, 3.05) is 18.9 Å². The molecule has 1 aliphatic rings. The van der Waals surface area contributed by atoms with Crippen LogP contribution in [-0.2, 0) is 10.0 Å². The molecule has 1 fully saturated rings. The van der Waals surface area contributed by atoms with E-state index in [1.165, 1.54) is 4.31 Å². The van der Waals surface area contributed by atoms with E-state index in [0.717, 1.165) is 6.42 Å². The van der Waals surface area contributed by atoms with Gasteiger partial charge in [-0.25, -0.2) is 8.42 Å². The van der Waals surface area contributed by atoms with Crippen LogP contribution in [0.25, 0.3) is 0 Å². The second-order valence-electron chi connectivity index (χ2n) is 3.62. The Morgan fingerprint density at radius 1 is 1.43 bits per heavy atom. The fourth-order valence-electron chi connectivity index (χ4n) is 1.61. The first-order valence-electron chi connectivity index (χ1n) is 4.77. The maximum absolute atomic E-state index is 11.6. The van der Waals surface area contributed by atoms with E-state index in [0.29, 0.717) is 13.0 Å². The van der Waals surface area contributed by atoms with Crippen LogP contribution in [0.15, 0.2) is 0 Å². The molecule has 0 aromatic carbocycles. The highest BCUT2D eigenvalue weighted by atomic mass is 32.2. The molecule has 2 atom stereocenters. The van der Waals surface area contributed by atoms with Gasteiger partial charge in [-0.05, 0) is 19.8 Å². The van der Waals surface area contributed by atoms with Crippen molar-refractivity contribution in [1.82, 2.24) is 4.31 Å². The summed E-state index contributed by atoms with van der Waals surface area (Å²) in [6.45, 7) is 1.65. The molecule has 84 valence electrons. The molecule has 0 radical (unpaired) electrons. The van der Waals surface area contributed by atoms with Crippen molar-refractivity contribution in [1.29, 1.82) is 0 Å². The highest BCUT2D eigenvalue weighted by Crippen LogP contribution is 2.18. The van der Waals surface area contributed by atoms with Gasteiger partial charge in [0, 0.05) is 6.54 Å². The first kappa shape index (κ1) is 11.9. The predicted octanol–water partition coefficient (Wildman–Crippen LogP) is -0.846. The van der Waals surface area contributed by atoms with Crippen LogP contribution in [0.2, 0.25) is 0 Å². The maximum atomic E-state index is 11.6. The molecule has 1 aliphatic heterocycles. The molecule has 0 amide bonds. The van der Waals surface area contributed by atoms with E-state index in [-0.39, 0.29) is 5.75 Å². The second-order valence-corrected chi connectivity index (χ2v) is 5.67. The van der Waals surface area contributed by atoms with E-state index >= 15 is 0 Å². The molecule has 0 aliphatic carbocycles. The van der Waals surface area contributed by atoms with Gasteiger partial charge in [-0.3, -0.25) is 0 Å². The summed E-state index contributed by atoms with van der Waals surface area (Å²) in [7, 11) is -3.22. The Kier molecular flexibility index (Phi) is 3.88. The monoisotopic (exact) mass is 223 g/mol. The molecule has 0 bridgehead atoms. The minimum absolute atomic E-state index is 0.148. The first-order chi connectivity index (χ1) is 6.49. The normalized spacial score (nSPS) is 27.1. The molecular formula is C8H17NO4S. The molecule has 2 unspecified atom stereocenters. The average Bonchev–Trinajstić information content (AvgIpc) is 2.15. The molecule has 0 aromatic heterocycles. The Balaban J connectivity index is 2.74. The Morgan fingerprint density at radius 3 is 2.57 bits per heavy atom. The lowest BCUT2D eigenvalue weighted by Gasteiger charge is -2.33. The van der Waals surface area contributed by atoms with Crippen LogP contribution in [0.5, 0.6) is 0 Å². The van der Waals surface area contributed by atoms with Crippen molar-refractivity contribution in [2.45, 2.75) is 31.9 Å². The van der Waals surface area contributed by atoms with Crippen LogP contribution in [0, 0.1) is 0 Å². The number of sulfonamides is 1. The van der Waals surface area contributed by atoms with Crippen LogP contribution in [0.3, 0.4) is 0 Å². The Hall–Kier alpha value is -0.170. The lowest BCUT2D eigenvalue weighted by atomic mass is 10.2. The molecule has 0 spiro atoms. The molecule has 2 N–H and O–H groups in total. The molecule has 1 saturated heterocycles. The van der Waals surface area contributed by atoms with Gasteiger partial charge in [0.2, 0.25) is 10.0 Å². The summed E-state index contributed by atoms with van der Waals surface area (Å²) < 4.78 is 24.4. The molecule has 0 saturated carbocycles. The zero-order chi connectivity index (χ0) is 10.8. The fourth-order valence-corrected chi connectivity index (χ4v) is 3.47. The van der Waals surface area contributed by atoms with Crippen molar-refractivity contribution >= 4 is 10.0 Å². The largest absolute Gasteiger partial charge is 0.394 e. The SMILES string of the molecule is CC(C(O)CO)N1CCCCS1(=O)=O. The summed E-state index contributed by atoms with van der Waals surface area (Å²) in [5, 5.41) is 18.1. The van der Waals surface area contributed by atoms with Gasteiger partial charge >= 0.3 is 0 Å². The highest BCUT2D eigenvalue weighted by molar-refractivity contribution is 7.89. The third-order valence-corrected chi connectivity index (χ3v) is 4.62. The molecule has 6 heteroatoms. The summed E-state index contributed by atoms with van der Waals surface area (Å²) >= 11 is 0. The zero-order valence-corrected chi connectivity index (χ0v) is 9.07. The van der Waals surface area contributed by atoms with Gasteiger partial charge < -0.3 is 10.2 Å². The summed E-state index contributed by atoms with van der Waals surface area (Å²) in [6, 6.07) is -0.537. The standard InChI is InChI=1S/C8H17NO4S/c1-7(8(11)6-10)9-4-2-3-5-14(9,12)13/h7-8,10-11H,2-6H2,1H3. The van der Waals surface area contributed by atoms with Gasteiger partial charge in [-0.15, -0.1) is 0 Å². The van der Waals surface area contributed by atoms with Crippen molar-refractivity contribution in [3.63, 3.8) is 0 Å². The number of hydrogen-bond donors (Lipinski definition) is 2. The molecule has 14 heavy (non-hydrogen) atoms. The van der Waals surface area contributed by atoms with Crippen LogP contribution < -0.4 is 0 Å². The van der Waals surface area contributed by atoms with Gasteiger partial charge in [-0.1, -0.05) is 0 Å². The number of rotatable bonds is 3. The minimum atomic E-state index is -3.22. The summed E-state index contributed by atoms with van der Waals surface area (Å²) in [6.07, 6.45) is 0.505. The molecular weight excluding hydrogens is 206 g/mol. The lowest BCUT2D eigenvalue weighted by molar-refractivity contribution is 0.0433. The molecule has 0 aromatic rings. The Morgan fingerprint density at radius 2 is 2.07 bits per heavy atom. The highest BCUT2D eigenvalue weighted by Gasteiger charge is 2.32. The van der Waals surface area contributed by atoms with E-state index in [4.69, 9.17) is 5.11 Å². The number of nitrogens with zero attached hydrogens (tertiary/aromatic N) is 1. The molecule has 1 heterocycles. The quantitative estimate of drug-likeness (QED) is 0.653. The van der Waals surface area contributed by atoms with E-state index in [1.54, 1.807) is 6.92 Å². The van der Waals surface area contributed by atoms with E-state index in [9.17, 15) is 13.5 Å². The zero-order valence-electron chi connectivity index (χ0n) is 8.26. The van der Waals surface area contributed by atoms with Crippen molar-refractivity contribution in [3.05, 3.63) is 0 Å². The summed E-state index contributed by atoms with van der Waals surface area (Å²) in [4.78, 5) is 0. The Labute approximate surface area is 84.4 Å². The number of aliphatic hydroxyl groups is 2. The average molecular weight is 223 g/mol. The fraction of sp³-hybridized carbons (Fsp3) is 1.00. The lowest BCUT2D eigenvalue weighted by Crippen LogP contribution is -2.49. The third kappa shape index (κ3) is 2.44. The Bertz CT molecular complexity index is 277. The van der Waals surface area contributed by atoms with Crippen LogP contribution >= 0.6 is 0 Å². The summed E-state index contributed by atoms with van der Waals surface area (Å²) in [5.74, 6) is 0.148. The van der Waals surface area contributed by atoms with Crippen molar-refractivity contribution in [3.8, 4) is 0 Å². The van der Waals surface area contributed by atoms with Gasteiger partial charge in [0.05, 0.1) is 24.5 Å². The van der Waals surface area contributed by atoms with Crippen LogP contribution in [0.1, 0.15) is 19.8 Å². The van der Waals surface area contributed by atoms with Gasteiger partial charge in [-0.2, -0.15) is 4.31 Å². The third-order valence-electron chi connectivity index (χ3n) is 2.59. The first-order valence-corrected chi connectivity index (χ1v) is 6.38. The van der Waals surface area contributed by atoms with Crippen LogP contribution in [-0.4, -0.2) is 54.0 Å². The van der Waals surface area contributed by atoms with Crippen molar-refractivity contribution < 1.29 is 18.6 Å². The predicted molar refractivity (Wildman–Crippen MR) is 52.3 cm³/mol. The van der Waals surface area contributed by atoms with Gasteiger partial charge in [0.25, 0.3) is 0 Å². The molecule has 5 nitrogen and oxygen atoms in total. The van der Waals surface area contributed by atoms with Crippen molar-refractivity contribution in [2.24, 2.45) is 0 Å². The minimum Gasteiger partial charge on any atom is -0.394 e. The van der Waals surface area contributed by atoms with E-state index in [2.05, 4.69) is 0 Å². The molecule has 1 rings (SSSR count). The van der Waals surface area contributed by atoms with Crippen LogP contribution in [0.4, 0.5) is 0 Å². The number of aliphatic hydroxyl groups excluding tert-OH is 2. The van der Waals surface area contributed by atoms with Gasteiger partial charge in [0.15, 0.2) is 0 Å². The summed E-state index contributed by atoms with van der Waals surface area (Å²) in [5.41, 5.74) is 0. The maximum Gasteiger partial charge on any atom is 0.214 e. The van der Waals surface area contributed by atoms with E-state index < -0.39 is 28.8 Å². The second kappa shape index (κ2) is 4.57. The van der Waals surface area contributed by atoms with E-state index in [1.807, 2.05) is 0 Å².